The molecule has 2 heterocycles. The number of hydrogen-bond acceptors (Lipinski definition) is 5. The maximum Gasteiger partial charge on any atom is 0.332 e. The first-order valence-electron chi connectivity index (χ1n) is 7.15. The second kappa shape index (κ2) is 6.53. The van der Waals surface area contributed by atoms with Gasteiger partial charge in [0, 0.05) is 24.3 Å². The molecule has 0 radical (unpaired) electrons. The zero-order valence-electron chi connectivity index (χ0n) is 12.3. The monoisotopic (exact) mass is 299 g/mol. The van der Waals surface area contributed by atoms with Crippen LogP contribution in [0.3, 0.4) is 0 Å². The van der Waals surface area contributed by atoms with Crippen molar-refractivity contribution in [3.8, 4) is 11.4 Å². The SMILES string of the molecule is Cc1cccc(-c2ncn(/C=C\C(=O)OC3CCOC3)n2)c1. The molecule has 1 aliphatic heterocycles. The number of nitrogens with zero attached hydrogens (tertiary/aromatic N) is 3. The van der Waals surface area contributed by atoms with Crippen LogP contribution in [0.1, 0.15) is 12.0 Å². The minimum absolute atomic E-state index is 0.143. The standard InChI is InChI=1S/C16H17N3O3/c1-12-3-2-4-13(9-12)16-17-11-19(18-16)7-5-15(20)22-14-6-8-21-10-14/h2-5,7,9,11,14H,6,8,10H2,1H3/b7-5-. The summed E-state index contributed by atoms with van der Waals surface area (Å²) in [6.45, 7) is 3.13. The Bertz CT molecular complexity index is 687. The predicted molar refractivity (Wildman–Crippen MR) is 80.8 cm³/mol. The van der Waals surface area contributed by atoms with Crippen LogP contribution in [0.15, 0.2) is 36.7 Å². The summed E-state index contributed by atoms with van der Waals surface area (Å²) in [5.74, 6) is 0.217. The lowest BCUT2D eigenvalue weighted by molar-refractivity contribution is -0.142. The molecule has 6 nitrogen and oxygen atoms in total. The summed E-state index contributed by atoms with van der Waals surface area (Å²) in [5, 5.41) is 4.31. The van der Waals surface area contributed by atoms with Crippen molar-refractivity contribution in [1.82, 2.24) is 14.8 Å². The number of aromatic nitrogens is 3. The molecule has 0 amide bonds. The lowest BCUT2D eigenvalue weighted by Gasteiger charge is -2.06. The highest BCUT2D eigenvalue weighted by Crippen LogP contribution is 2.15. The molecule has 0 bridgehead atoms. The van der Waals surface area contributed by atoms with Crippen LogP contribution in [0.25, 0.3) is 17.6 Å². The van der Waals surface area contributed by atoms with E-state index in [1.807, 2.05) is 31.2 Å². The first-order chi connectivity index (χ1) is 10.7. The summed E-state index contributed by atoms with van der Waals surface area (Å²) in [6, 6.07) is 7.94. The Hall–Kier alpha value is -2.47. The smallest absolute Gasteiger partial charge is 0.332 e. The maximum absolute atomic E-state index is 11.7. The van der Waals surface area contributed by atoms with Gasteiger partial charge in [0.05, 0.1) is 13.2 Å². The average Bonchev–Trinajstić information content (AvgIpc) is 3.16. The number of esters is 1. The Morgan fingerprint density at radius 2 is 2.41 bits per heavy atom. The van der Waals surface area contributed by atoms with E-state index < -0.39 is 5.97 Å². The van der Waals surface area contributed by atoms with Gasteiger partial charge in [0.1, 0.15) is 12.4 Å². The Kier molecular flexibility index (Phi) is 4.29. The van der Waals surface area contributed by atoms with E-state index in [0.717, 1.165) is 17.5 Å². The predicted octanol–water partition coefficient (Wildman–Crippen LogP) is 2.06. The molecule has 6 heteroatoms. The fourth-order valence-corrected chi connectivity index (χ4v) is 2.21. The minimum atomic E-state index is -0.400. The molecule has 0 spiro atoms. The van der Waals surface area contributed by atoms with Gasteiger partial charge in [-0.15, -0.1) is 5.10 Å². The molecule has 1 aliphatic rings. The molecule has 1 saturated heterocycles. The van der Waals surface area contributed by atoms with Crippen LogP contribution in [0.5, 0.6) is 0 Å². The molecule has 0 N–H and O–H groups in total. The molecular formula is C16H17N3O3. The van der Waals surface area contributed by atoms with E-state index in [4.69, 9.17) is 9.47 Å². The number of ether oxygens (including phenoxy) is 2. The molecule has 1 atom stereocenters. The molecule has 22 heavy (non-hydrogen) atoms. The van der Waals surface area contributed by atoms with Crippen molar-refractivity contribution in [3.63, 3.8) is 0 Å². The molecule has 2 aromatic rings. The first kappa shape index (κ1) is 14.5. The van der Waals surface area contributed by atoms with E-state index in [-0.39, 0.29) is 6.10 Å². The Balaban J connectivity index is 1.63. The summed E-state index contributed by atoms with van der Waals surface area (Å²) in [6.07, 6.45) is 5.04. The Morgan fingerprint density at radius 1 is 1.50 bits per heavy atom. The van der Waals surface area contributed by atoms with Crippen molar-refractivity contribution in [2.24, 2.45) is 0 Å². The van der Waals surface area contributed by atoms with Crippen molar-refractivity contribution in [2.75, 3.05) is 13.2 Å². The molecule has 1 unspecified atom stereocenters. The molecule has 1 fully saturated rings. The van der Waals surface area contributed by atoms with Gasteiger partial charge >= 0.3 is 5.97 Å². The van der Waals surface area contributed by atoms with E-state index in [1.165, 1.54) is 17.0 Å². The summed E-state index contributed by atoms with van der Waals surface area (Å²) >= 11 is 0. The minimum Gasteiger partial charge on any atom is -0.457 e. The van der Waals surface area contributed by atoms with Crippen LogP contribution in [0.2, 0.25) is 0 Å². The third-order valence-electron chi connectivity index (χ3n) is 3.32. The van der Waals surface area contributed by atoms with Gasteiger partial charge in [0.25, 0.3) is 0 Å². The largest absolute Gasteiger partial charge is 0.457 e. The highest BCUT2D eigenvalue weighted by atomic mass is 16.6. The molecule has 0 saturated carbocycles. The van der Waals surface area contributed by atoms with E-state index in [2.05, 4.69) is 10.1 Å². The number of aryl methyl sites for hydroxylation is 1. The summed E-state index contributed by atoms with van der Waals surface area (Å²) < 4.78 is 11.9. The highest BCUT2D eigenvalue weighted by Gasteiger charge is 2.18. The van der Waals surface area contributed by atoms with Gasteiger partial charge in [0.15, 0.2) is 5.82 Å². The lowest BCUT2D eigenvalue weighted by Crippen LogP contribution is -2.16. The molecule has 1 aromatic heterocycles. The van der Waals surface area contributed by atoms with Gasteiger partial charge in [-0.25, -0.2) is 14.5 Å². The van der Waals surface area contributed by atoms with Crippen molar-refractivity contribution < 1.29 is 14.3 Å². The van der Waals surface area contributed by atoms with Crippen molar-refractivity contribution >= 4 is 12.2 Å². The highest BCUT2D eigenvalue weighted by molar-refractivity contribution is 5.85. The van der Waals surface area contributed by atoms with Crippen LogP contribution >= 0.6 is 0 Å². The van der Waals surface area contributed by atoms with Crippen LogP contribution in [0.4, 0.5) is 0 Å². The van der Waals surface area contributed by atoms with E-state index in [9.17, 15) is 4.79 Å². The molecule has 3 rings (SSSR count). The topological polar surface area (TPSA) is 66.2 Å². The van der Waals surface area contributed by atoms with Gasteiger partial charge in [-0.05, 0) is 13.0 Å². The summed E-state index contributed by atoms with van der Waals surface area (Å²) in [7, 11) is 0. The van der Waals surface area contributed by atoms with Gasteiger partial charge in [0.2, 0.25) is 0 Å². The van der Waals surface area contributed by atoms with E-state index >= 15 is 0 Å². The van der Waals surface area contributed by atoms with Crippen molar-refractivity contribution in [3.05, 3.63) is 42.2 Å². The normalized spacial score (nSPS) is 18.0. The average molecular weight is 299 g/mol. The summed E-state index contributed by atoms with van der Waals surface area (Å²) in [4.78, 5) is 15.9. The number of carbonyl (C=O) groups excluding carboxylic acids is 1. The zero-order chi connectivity index (χ0) is 15.4. The van der Waals surface area contributed by atoms with Crippen molar-refractivity contribution in [1.29, 1.82) is 0 Å². The van der Waals surface area contributed by atoms with Crippen LogP contribution in [-0.4, -0.2) is 40.1 Å². The van der Waals surface area contributed by atoms with Gasteiger partial charge < -0.3 is 9.47 Å². The first-order valence-corrected chi connectivity index (χ1v) is 7.15. The van der Waals surface area contributed by atoms with Crippen LogP contribution in [0, 0.1) is 6.92 Å². The maximum atomic E-state index is 11.7. The zero-order valence-corrected chi connectivity index (χ0v) is 12.3. The number of hydrogen-bond donors (Lipinski definition) is 0. The lowest BCUT2D eigenvalue weighted by atomic mass is 10.1. The van der Waals surface area contributed by atoms with E-state index in [0.29, 0.717) is 19.0 Å². The molecule has 1 aromatic carbocycles. The third-order valence-corrected chi connectivity index (χ3v) is 3.32. The fraction of sp³-hybridized carbons (Fsp3) is 0.312. The Morgan fingerprint density at radius 3 is 3.18 bits per heavy atom. The quantitative estimate of drug-likeness (QED) is 0.638. The Labute approximate surface area is 128 Å². The number of carbonyl (C=O) groups is 1. The van der Waals surface area contributed by atoms with Crippen LogP contribution < -0.4 is 0 Å². The van der Waals surface area contributed by atoms with Gasteiger partial charge in [-0.1, -0.05) is 23.8 Å². The molecule has 114 valence electrons. The number of rotatable bonds is 4. The second-order valence-corrected chi connectivity index (χ2v) is 5.16. The summed E-state index contributed by atoms with van der Waals surface area (Å²) in [5.41, 5.74) is 2.09. The van der Waals surface area contributed by atoms with E-state index in [1.54, 1.807) is 6.33 Å². The fourth-order valence-electron chi connectivity index (χ4n) is 2.21. The molecule has 0 aliphatic carbocycles. The van der Waals surface area contributed by atoms with Gasteiger partial charge in [-0.3, -0.25) is 0 Å². The van der Waals surface area contributed by atoms with Crippen LogP contribution in [-0.2, 0) is 14.3 Å². The number of benzene rings is 1. The van der Waals surface area contributed by atoms with Crippen molar-refractivity contribution in [2.45, 2.75) is 19.4 Å². The second-order valence-electron chi connectivity index (χ2n) is 5.16. The molecular weight excluding hydrogens is 282 g/mol. The van der Waals surface area contributed by atoms with Gasteiger partial charge in [-0.2, -0.15) is 0 Å². The third kappa shape index (κ3) is 3.59.